The number of ether oxygens (including phenoxy) is 3. The first-order chi connectivity index (χ1) is 18.6. The van der Waals surface area contributed by atoms with Gasteiger partial charge < -0.3 is 29.7 Å². The average molecular weight is 549 g/mol. The molecule has 2 aromatic rings. The predicted molar refractivity (Wildman–Crippen MR) is 132 cm³/mol. The van der Waals surface area contributed by atoms with Crippen molar-refractivity contribution in [2.45, 2.75) is 75.1 Å². The van der Waals surface area contributed by atoms with Crippen LogP contribution in [-0.4, -0.2) is 59.3 Å². The number of benzene rings is 2. The number of aliphatic hydroxyl groups excluding tert-OH is 2. The number of halogens is 3. The van der Waals surface area contributed by atoms with E-state index in [9.17, 15) is 28.2 Å². The highest BCUT2D eigenvalue weighted by Crippen LogP contribution is 2.36. The highest BCUT2D eigenvalue weighted by atomic mass is 19.4. The van der Waals surface area contributed by atoms with Crippen LogP contribution >= 0.6 is 0 Å². The number of carbonyl (C=O) groups excluding carboxylic acids is 1. The number of nitrogens with zero attached hydrogens (tertiary/aromatic N) is 1. The van der Waals surface area contributed by atoms with E-state index in [1.807, 2.05) is 6.07 Å². The van der Waals surface area contributed by atoms with Gasteiger partial charge in [-0.15, -0.1) is 0 Å². The van der Waals surface area contributed by atoms with Crippen LogP contribution in [0.1, 0.15) is 47.9 Å². The molecule has 210 valence electrons. The van der Waals surface area contributed by atoms with E-state index in [1.54, 1.807) is 24.3 Å². The van der Waals surface area contributed by atoms with Gasteiger partial charge in [0, 0.05) is 26.0 Å². The third-order valence-corrected chi connectivity index (χ3v) is 7.09. The molecule has 1 aliphatic heterocycles. The Morgan fingerprint density at radius 2 is 1.90 bits per heavy atom. The predicted octanol–water partition coefficient (Wildman–Crippen LogP) is 3.23. The molecule has 1 aliphatic carbocycles. The zero-order valence-corrected chi connectivity index (χ0v) is 21.2. The monoisotopic (exact) mass is 548 g/mol. The largest absolute Gasteiger partial charge is 0.416 e. The van der Waals surface area contributed by atoms with E-state index in [4.69, 9.17) is 19.5 Å². The van der Waals surface area contributed by atoms with Crippen molar-refractivity contribution in [1.82, 2.24) is 5.32 Å². The van der Waals surface area contributed by atoms with E-state index in [2.05, 4.69) is 5.32 Å². The highest BCUT2D eigenvalue weighted by molar-refractivity contribution is 5.85. The molecule has 1 amide bonds. The minimum absolute atomic E-state index is 0.0292. The van der Waals surface area contributed by atoms with Gasteiger partial charge >= 0.3 is 6.18 Å². The molecule has 8 nitrogen and oxygen atoms in total. The molecular weight excluding hydrogens is 517 g/mol. The van der Waals surface area contributed by atoms with E-state index < -0.39 is 41.6 Å². The molecule has 2 aromatic carbocycles. The second kappa shape index (κ2) is 12.4. The maximum atomic E-state index is 13.5. The minimum atomic E-state index is -4.54. The van der Waals surface area contributed by atoms with Gasteiger partial charge in [-0.05, 0) is 48.2 Å². The molecule has 0 spiro atoms. The van der Waals surface area contributed by atoms with Crippen molar-refractivity contribution in [3.05, 3.63) is 70.8 Å². The van der Waals surface area contributed by atoms with Crippen LogP contribution < -0.4 is 5.32 Å². The van der Waals surface area contributed by atoms with Gasteiger partial charge in [-0.25, -0.2) is 0 Å². The van der Waals surface area contributed by atoms with Gasteiger partial charge in [-0.2, -0.15) is 18.4 Å². The molecule has 0 radical (unpaired) electrons. The fourth-order valence-corrected chi connectivity index (χ4v) is 4.87. The Bertz CT molecular complexity index is 1160. The standard InChI is InChI=1S/C28H31F3N2O6/c29-28(30,31)21-4-1-3-20(11-21)17-39-27(26(36)33-15-22-5-2-10-37-22)12-23(34)25(35)24(13-27)38-16-19-8-6-18(14-32)7-9-19/h1,3-4,6-9,11,22-25,34-35H,2,5,10,12-13,15-17H2,(H,33,36)/t22?,23-,24?,25-,27+/m1/s1. The van der Waals surface area contributed by atoms with Crippen molar-refractivity contribution in [3.8, 4) is 6.07 Å². The number of amides is 1. The normalized spacial score (nSPS) is 27.2. The van der Waals surface area contributed by atoms with Crippen LogP contribution in [0.5, 0.6) is 0 Å². The summed E-state index contributed by atoms with van der Waals surface area (Å²) in [7, 11) is 0. The summed E-state index contributed by atoms with van der Waals surface area (Å²) in [4.78, 5) is 13.5. The van der Waals surface area contributed by atoms with Gasteiger partial charge in [0.05, 0.1) is 48.7 Å². The fraction of sp³-hybridized carbons (Fsp3) is 0.500. The van der Waals surface area contributed by atoms with Crippen LogP contribution in [0.2, 0.25) is 0 Å². The van der Waals surface area contributed by atoms with Crippen molar-refractivity contribution in [2.24, 2.45) is 0 Å². The third kappa shape index (κ3) is 7.35. The summed E-state index contributed by atoms with van der Waals surface area (Å²) in [5, 5.41) is 33.2. The molecule has 5 atom stereocenters. The number of carbonyl (C=O) groups is 1. The summed E-state index contributed by atoms with van der Waals surface area (Å²) < 4.78 is 57.1. The molecule has 11 heteroatoms. The van der Waals surface area contributed by atoms with E-state index in [-0.39, 0.29) is 44.3 Å². The number of aliphatic hydroxyl groups is 2. The van der Waals surface area contributed by atoms with Gasteiger partial charge in [-0.3, -0.25) is 4.79 Å². The molecule has 1 saturated heterocycles. The van der Waals surface area contributed by atoms with Crippen LogP contribution in [0, 0.1) is 11.3 Å². The average Bonchev–Trinajstić information content (AvgIpc) is 3.45. The molecular formula is C28H31F3N2O6. The molecule has 2 fully saturated rings. The van der Waals surface area contributed by atoms with Crippen LogP contribution in [0.4, 0.5) is 13.2 Å². The lowest BCUT2D eigenvalue weighted by atomic mass is 9.78. The smallest absolute Gasteiger partial charge is 0.390 e. The fourth-order valence-electron chi connectivity index (χ4n) is 4.87. The van der Waals surface area contributed by atoms with Crippen LogP contribution in [0.3, 0.4) is 0 Å². The molecule has 2 aliphatic rings. The SMILES string of the molecule is N#Cc1ccc(COC2C[C@](OCc3cccc(C(F)(F)F)c3)(C(=O)NCC3CCCO3)C[C@@H](O)[C@H]2O)cc1. The Morgan fingerprint density at radius 3 is 2.56 bits per heavy atom. The molecule has 2 unspecified atom stereocenters. The third-order valence-electron chi connectivity index (χ3n) is 7.09. The first-order valence-corrected chi connectivity index (χ1v) is 12.8. The lowest BCUT2D eigenvalue weighted by Gasteiger charge is -2.44. The van der Waals surface area contributed by atoms with Gasteiger partial charge in [0.1, 0.15) is 6.10 Å². The summed E-state index contributed by atoms with van der Waals surface area (Å²) in [5.74, 6) is -0.567. The van der Waals surface area contributed by atoms with Crippen LogP contribution in [0.25, 0.3) is 0 Å². The number of nitriles is 1. The molecule has 3 N–H and O–H groups in total. The Hall–Kier alpha value is -3.01. The Kier molecular flexibility index (Phi) is 9.25. The minimum Gasteiger partial charge on any atom is -0.390 e. The zero-order chi connectivity index (χ0) is 28.0. The lowest BCUT2D eigenvalue weighted by molar-refractivity contribution is -0.200. The first kappa shape index (κ1) is 29.0. The van der Waals surface area contributed by atoms with Crippen molar-refractivity contribution >= 4 is 5.91 Å². The second-order valence-corrected chi connectivity index (χ2v) is 9.95. The second-order valence-electron chi connectivity index (χ2n) is 9.95. The summed E-state index contributed by atoms with van der Waals surface area (Å²) in [6.45, 7) is 0.501. The van der Waals surface area contributed by atoms with Crippen molar-refractivity contribution in [2.75, 3.05) is 13.2 Å². The van der Waals surface area contributed by atoms with E-state index >= 15 is 0 Å². The molecule has 1 heterocycles. The Balaban J connectivity index is 1.52. The first-order valence-electron chi connectivity index (χ1n) is 12.8. The maximum absolute atomic E-state index is 13.5. The van der Waals surface area contributed by atoms with Gasteiger partial charge in [0.2, 0.25) is 0 Å². The van der Waals surface area contributed by atoms with Crippen LogP contribution in [-0.2, 0) is 38.4 Å². The molecule has 4 rings (SSSR count). The summed E-state index contributed by atoms with van der Waals surface area (Å²) in [6, 6.07) is 13.2. The number of rotatable bonds is 9. The Morgan fingerprint density at radius 1 is 1.13 bits per heavy atom. The van der Waals surface area contributed by atoms with Crippen molar-refractivity contribution < 1.29 is 42.4 Å². The van der Waals surface area contributed by atoms with E-state index in [0.717, 1.165) is 25.0 Å². The zero-order valence-electron chi connectivity index (χ0n) is 21.2. The van der Waals surface area contributed by atoms with Gasteiger partial charge in [0.25, 0.3) is 5.91 Å². The van der Waals surface area contributed by atoms with E-state index in [1.165, 1.54) is 12.1 Å². The highest BCUT2D eigenvalue weighted by Gasteiger charge is 2.51. The van der Waals surface area contributed by atoms with Crippen molar-refractivity contribution in [3.63, 3.8) is 0 Å². The van der Waals surface area contributed by atoms with Gasteiger partial charge in [-0.1, -0.05) is 24.3 Å². The molecule has 1 saturated carbocycles. The summed E-state index contributed by atoms with van der Waals surface area (Å²) >= 11 is 0. The maximum Gasteiger partial charge on any atom is 0.416 e. The quantitative estimate of drug-likeness (QED) is 0.440. The summed E-state index contributed by atoms with van der Waals surface area (Å²) in [5.41, 5.74) is -1.15. The van der Waals surface area contributed by atoms with Crippen LogP contribution in [0.15, 0.2) is 48.5 Å². The summed E-state index contributed by atoms with van der Waals surface area (Å²) in [6.07, 6.45) is -7.21. The number of nitrogens with one attached hydrogen (secondary N) is 1. The van der Waals surface area contributed by atoms with E-state index in [0.29, 0.717) is 17.7 Å². The lowest BCUT2D eigenvalue weighted by Crippen LogP contribution is -2.61. The molecule has 0 aromatic heterocycles. The number of hydrogen-bond donors (Lipinski definition) is 3. The Labute approximate surface area is 224 Å². The number of alkyl halides is 3. The molecule has 0 bridgehead atoms. The van der Waals surface area contributed by atoms with Gasteiger partial charge in [0.15, 0.2) is 5.60 Å². The van der Waals surface area contributed by atoms with Crippen molar-refractivity contribution in [1.29, 1.82) is 5.26 Å². The topological polar surface area (TPSA) is 121 Å². The number of hydrogen-bond acceptors (Lipinski definition) is 7. The molecule has 39 heavy (non-hydrogen) atoms.